The average molecular weight is 381 g/mol. The average Bonchev–Trinajstić information content (AvgIpc) is 3.30. The highest BCUT2D eigenvalue weighted by Gasteiger charge is 2.42. The molecule has 1 unspecified atom stereocenters. The zero-order chi connectivity index (χ0) is 19.8. The fourth-order valence-electron chi connectivity index (χ4n) is 3.96. The molecule has 1 aromatic heterocycles. The number of benzene rings is 3. The van der Waals surface area contributed by atoms with Crippen LogP contribution in [-0.2, 0) is 6.54 Å². The van der Waals surface area contributed by atoms with E-state index in [1.54, 1.807) is 12.1 Å². The van der Waals surface area contributed by atoms with Gasteiger partial charge in [0.1, 0.15) is 11.4 Å². The Kier molecular flexibility index (Phi) is 4.13. The SMILES string of the molecule is O=C1c2[nH]nc(-c3ccccc3)c2C(c2ccc(O)cc2)N1Cc1ccccc1. The molecule has 3 aromatic carbocycles. The lowest BCUT2D eigenvalue weighted by molar-refractivity contribution is 0.0730. The fraction of sp³-hybridized carbons (Fsp3) is 0.0833. The number of amides is 1. The summed E-state index contributed by atoms with van der Waals surface area (Å²) in [6, 6.07) is 26.6. The van der Waals surface area contributed by atoms with Gasteiger partial charge in [0.05, 0.1) is 11.7 Å². The van der Waals surface area contributed by atoms with Gasteiger partial charge in [0.15, 0.2) is 0 Å². The predicted molar refractivity (Wildman–Crippen MR) is 110 cm³/mol. The van der Waals surface area contributed by atoms with Crippen LogP contribution in [0, 0.1) is 0 Å². The monoisotopic (exact) mass is 381 g/mol. The van der Waals surface area contributed by atoms with E-state index in [0.29, 0.717) is 12.2 Å². The Morgan fingerprint density at radius 2 is 1.55 bits per heavy atom. The number of carbonyl (C=O) groups excluding carboxylic acids is 1. The molecule has 0 bridgehead atoms. The lowest BCUT2D eigenvalue weighted by Gasteiger charge is -2.26. The molecule has 5 rings (SSSR count). The molecule has 5 heteroatoms. The maximum atomic E-state index is 13.3. The molecule has 0 saturated heterocycles. The van der Waals surface area contributed by atoms with Gasteiger partial charge >= 0.3 is 0 Å². The first-order valence-corrected chi connectivity index (χ1v) is 9.50. The molecule has 4 aromatic rings. The van der Waals surface area contributed by atoms with E-state index in [1.807, 2.05) is 77.7 Å². The number of phenols is 1. The van der Waals surface area contributed by atoms with Gasteiger partial charge in [0, 0.05) is 17.7 Å². The van der Waals surface area contributed by atoms with Crippen LogP contribution in [0.1, 0.15) is 33.2 Å². The van der Waals surface area contributed by atoms with E-state index >= 15 is 0 Å². The van der Waals surface area contributed by atoms with E-state index in [-0.39, 0.29) is 17.7 Å². The number of H-pyrrole nitrogens is 1. The van der Waals surface area contributed by atoms with Gasteiger partial charge in [-0.3, -0.25) is 9.89 Å². The van der Waals surface area contributed by atoms with Crippen LogP contribution in [0.15, 0.2) is 84.9 Å². The molecular weight excluding hydrogens is 362 g/mol. The van der Waals surface area contributed by atoms with E-state index in [2.05, 4.69) is 10.2 Å². The summed E-state index contributed by atoms with van der Waals surface area (Å²) in [4.78, 5) is 15.2. The highest BCUT2D eigenvalue weighted by atomic mass is 16.3. The van der Waals surface area contributed by atoms with Gasteiger partial charge < -0.3 is 10.0 Å². The molecule has 0 aliphatic carbocycles. The molecule has 1 aliphatic heterocycles. The second kappa shape index (κ2) is 6.95. The van der Waals surface area contributed by atoms with Crippen molar-refractivity contribution in [2.75, 3.05) is 0 Å². The summed E-state index contributed by atoms with van der Waals surface area (Å²) in [5.41, 5.74) is 5.14. The number of carbonyl (C=O) groups is 1. The molecule has 142 valence electrons. The van der Waals surface area contributed by atoms with Gasteiger partial charge in [0.2, 0.25) is 0 Å². The summed E-state index contributed by atoms with van der Waals surface area (Å²) in [5.74, 6) is 0.125. The summed E-state index contributed by atoms with van der Waals surface area (Å²) in [5, 5.41) is 17.2. The van der Waals surface area contributed by atoms with Gasteiger partial charge in [-0.15, -0.1) is 0 Å². The van der Waals surface area contributed by atoms with Crippen molar-refractivity contribution in [2.24, 2.45) is 0 Å². The Bertz CT molecular complexity index is 1150. The number of hydrogen-bond acceptors (Lipinski definition) is 3. The van der Waals surface area contributed by atoms with Gasteiger partial charge in [0.25, 0.3) is 5.91 Å². The third-order valence-corrected chi connectivity index (χ3v) is 5.32. The zero-order valence-electron chi connectivity index (χ0n) is 15.6. The number of aromatic nitrogens is 2. The Labute approximate surface area is 168 Å². The van der Waals surface area contributed by atoms with E-state index in [0.717, 1.165) is 27.9 Å². The number of phenolic OH excluding ortho intramolecular Hbond substituents is 1. The highest BCUT2D eigenvalue weighted by Crippen LogP contribution is 2.43. The first kappa shape index (κ1) is 17.3. The van der Waals surface area contributed by atoms with Crippen molar-refractivity contribution in [2.45, 2.75) is 12.6 Å². The minimum absolute atomic E-state index is 0.0726. The van der Waals surface area contributed by atoms with Gasteiger partial charge in [-0.1, -0.05) is 72.8 Å². The molecule has 1 amide bonds. The van der Waals surface area contributed by atoms with E-state index < -0.39 is 0 Å². The molecule has 0 spiro atoms. The van der Waals surface area contributed by atoms with Crippen molar-refractivity contribution in [3.8, 4) is 17.0 Å². The van der Waals surface area contributed by atoms with Crippen molar-refractivity contribution in [1.29, 1.82) is 0 Å². The third-order valence-electron chi connectivity index (χ3n) is 5.32. The maximum Gasteiger partial charge on any atom is 0.273 e. The molecule has 0 radical (unpaired) electrons. The Morgan fingerprint density at radius 3 is 2.24 bits per heavy atom. The maximum absolute atomic E-state index is 13.3. The third kappa shape index (κ3) is 2.97. The lowest BCUT2D eigenvalue weighted by Crippen LogP contribution is -2.29. The molecule has 2 heterocycles. The Balaban J connectivity index is 1.65. The summed E-state index contributed by atoms with van der Waals surface area (Å²) >= 11 is 0. The molecule has 1 atom stereocenters. The van der Waals surface area contributed by atoms with Crippen LogP contribution in [0.2, 0.25) is 0 Å². The molecule has 29 heavy (non-hydrogen) atoms. The minimum Gasteiger partial charge on any atom is -0.508 e. The van der Waals surface area contributed by atoms with Crippen LogP contribution in [0.4, 0.5) is 0 Å². The van der Waals surface area contributed by atoms with Crippen LogP contribution in [-0.4, -0.2) is 26.1 Å². The number of rotatable bonds is 4. The van der Waals surface area contributed by atoms with Gasteiger partial charge in [-0.25, -0.2) is 0 Å². The van der Waals surface area contributed by atoms with Gasteiger partial charge in [-0.2, -0.15) is 5.10 Å². The zero-order valence-corrected chi connectivity index (χ0v) is 15.6. The molecule has 1 aliphatic rings. The number of nitrogens with one attached hydrogen (secondary N) is 1. The van der Waals surface area contributed by atoms with Crippen LogP contribution in [0.5, 0.6) is 5.75 Å². The van der Waals surface area contributed by atoms with Crippen LogP contribution in [0.25, 0.3) is 11.3 Å². The highest BCUT2D eigenvalue weighted by molar-refractivity contribution is 6.00. The van der Waals surface area contributed by atoms with E-state index in [1.165, 1.54) is 0 Å². The topological polar surface area (TPSA) is 69.2 Å². The molecular formula is C24H19N3O2. The molecule has 5 nitrogen and oxygen atoms in total. The number of aromatic hydroxyl groups is 1. The van der Waals surface area contributed by atoms with Crippen molar-refractivity contribution in [1.82, 2.24) is 15.1 Å². The standard InChI is InChI=1S/C24H19N3O2/c28-19-13-11-18(12-14-19)23-20-21(17-9-5-2-6-10-17)25-26-22(20)24(29)27(23)15-16-7-3-1-4-8-16/h1-14,23,28H,15H2,(H,25,26). The fourth-order valence-corrected chi connectivity index (χ4v) is 3.96. The minimum atomic E-state index is -0.285. The van der Waals surface area contributed by atoms with E-state index in [4.69, 9.17) is 0 Å². The summed E-state index contributed by atoms with van der Waals surface area (Å²) in [6.07, 6.45) is 0. The number of aromatic amines is 1. The summed E-state index contributed by atoms with van der Waals surface area (Å²) in [7, 11) is 0. The summed E-state index contributed by atoms with van der Waals surface area (Å²) < 4.78 is 0. The van der Waals surface area contributed by atoms with Crippen molar-refractivity contribution in [3.05, 3.63) is 107 Å². The smallest absolute Gasteiger partial charge is 0.273 e. The Morgan fingerprint density at radius 1 is 0.897 bits per heavy atom. The van der Waals surface area contributed by atoms with E-state index in [9.17, 15) is 9.90 Å². The number of nitrogens with zero attached hydrogens (tertiary/aromatic N) is 2. The largest absolute Gasteiger partial charge is 0.508 e. The van der Waals surface area contributed by atoms with Crippen LogP contribution >= 0.6 is 0 Å². The molecule has 2 N–H and O–H groups in total. The predicted octanol–water partition coefficient (Wildman–Crippen LogP) is 4.53. The van der Waals surface area contributed by atoms with Crippen molar-refractivity contribution in [3.63, 3.8) is 0 Å². The Hall–Kier alpha value is -3.86. The second-order valence-corrected chi connectivity index (χ2v) is 7.14. The number of hydrogen-bond donors (Lipinski definition) is 2. The van der Waals surface area contributed by atoms with Crippen molar-refractivity contribution >= 4 is 5.91 Å². The quantitative estimate of drug-likeness (QED) is 0.546. The van der Waals surface area contributed by atoms with Crippen LogP contribution in [0.3, 0.4) is 0 Å². The van der Waals surface area contributed by atoms with Gasteiger partial charge in [-0.05, 0) is 23.3 Å². The van der Waals surface area contributed by atoms with Crippen LogP contribution < -0.4 is 0 Å². The molecule has 0 fully saturated rings. The van der Waals surface area contributed by atoms with Crippen molar-refractivity contribution < 1.29 is 9.90 Å². The molecule has 0 saturated carbocycles. The summed E-state index contributed by atoms with van der Waals surface area (Å²) in [6.45, 7) is 0.488. The normalized spacial score (nSPS) is 15.5. The first-order chi connectivity index (χ1) is 14.2. The number of fused-ring (bicyclic) bond motifs is 1. The second-order valence-electron chi connectivity index (χ2n) is 7.14. The first-order valence-electron chi connectivity index (χ1n) is 9.50. The lowest BCUT2D eigenvalue weighted by atomic mass is 9.96.